The van der Waals surface area contributed by atoms with Crippen LogP contribution in [0.4, 0.5) is 4.39 Å². The summed E-state index contributed by atoms with van der Waals surface area (Å²) in [4.78, 5) is 6.81. The first-order valence-electron chi connectivity index (χ1n) is 10.7. The highest BCUT2D eigenvalue weighted by molar-refractivity contribution is 5.80. The normalized spacial score (nSPS) is 15.7. The molecule has 3 aromatic rings. The number of rotatable bonds is 6. The predicted molar refractivity (Wildman–Crippen MR) is 122 cm³/mol. The van der Waals surface area contributed by atoms with E-state index in [2.05, 4.69) is 37.8 Å². The largest absolute Gasteiger partial charge is 0.354 e. The third-order valence-corrected chi connectivity index (χ3v) is 5.61. The van der Waals surface area contributed by atoms with Gasteiger partial charge < -0.3 is 10.6 Å². The van der Waals surface area contributed by atoms with Gasteiger partial charge in [-0.1, -0.05) is 24.3 Å². The van der Waals surface area contributed by atoms with Crippen molar-refractivity contribution in [2.45, 2.75) is 32.0 Å². The zero-order valence-electron chi connectivity index (χ0n) is 17.8. The molecule has 4 rings (SSSR count). The van der Waals surface area contributed by atoms with Crippen LogP contribution >= 0.6 is 0 Å². The molecule has 0 bridgehead atoms. The van der Waals surface area contributed by atoms with E-state index < -0.39 is 0 Å². The zero-order valence-corrected chi connectivity index (χ0v) is 17.8. The van der Waals surface area contributed by atoms with Gasteiger partial charge >= 0.3 is 0 Å². The molecule has 2 heterocycles. The standard InChI is InChI=1S/C24H29FN6/c1-26-24(27-17-20-4-2-5-23(16-20)31-13-3-12-28-31)29-22-10-14-30(15-11-22)18-19-6-8-21(25)9-7-19/h2-9,12-13,16,22H,10-11,14-15,17-18H2,1H3,(H2,26,27,29). The van der Waals surface area contributed by atoms with E-state index in [0.717, 1.165) is 49.7 Å². The highest BCUT2D eigenvalue weighted by Gasteiger charge is 2.20. The third-order valence-electron chi connectivity index (χ3n) is 5.61. The van der Waals surface area contributed by atoms with Crippen LogP contribution in [-0.2, 0) is 13.1 Å². The van der Waals surface area contributed by atoms with E-state index >= 15 is 0 Å². The maximum absolute atomic E-state index is 13.1. The number of halogens is 1. The van der Waals surface area contributed by atoms with Gasteiger partial charge in [0.2, 0.25) is 0 Å². The maximum atomic E-state index is 13.1. The number of piperidine rings is 1. The molecule has 0 aliphatic carbocycles. The minimum Gasteiger partial charge on any atom is -0.354 e. The van der Waals surface area contributed by atoms with Gasteiger partial charge in [-0.3, -0.25) is 9.89 Å². The van der Waals surface area contributed by atoms with Crippen molar-refractivity contribution >= 4 is 5.96 Å². The molecule has 0 saturated carbocycles. The van der Waals surface area contributed by atoms with Crippen LogP contribution in [0.15, 0.2) is 72.0 Å². The van der Waals surface area contributed by atoms with Crippen LogP contribution in [0.5, 0.6) is 0 Å². The van der Waals surface area contributed by atoms with Gasteiger partial charge in [0.1, 0.15) is 5.82 Å². The molecular weight excluding hydrogens is 391 g/mol. The quantitative estimate of drug-likeness (QED) is 0.474. The molecule has 1 aromatic heterocycles. The summed E-state index contributed by atoms with van der Waals surface area (Å²) >= 11 is 0. The van der Waals surface area contributed by atoms with Crippen LogP contribution in [0.25, 0.3) is 5.69 Å². The summed E-state index contributed by atoms with van der Waals surface area (Å²) in [5.74, 6) is 0.639. The molecule has 1 aliphatic rings. The molecule has 1 saturated heterocycles. The van der Waals surface area contributed by atoms with Crippen LogP contribution in [0.1, 0.15) is 24.0 Å². The summed E-state index contributed by atoms with van der Waals surface area (Å²) in [5.41, 5.74) is 3.37. The number of aromatic nitrogens is 2. The number of hydrogen-bond acceptors (Lipinski definition) is 3. The van der Waals surface area contributed by atoms with E-state index in [1.54, 1.807) is 13.2 Å². The van der Waals surface area contributed by atoms with E-state index in [0.29, 0.717) is 12.6 Å². The summed E-state index contributed by atoms with van der Waals surface area (Å²) in [6.45, 7) is 3.58. The third kappa shape index (κ3) is 5.92. The molecule has 0 unspecified atom stereocenters. The highest BCUT2D eigenvalue weighted by atomic mass is 19.1. The Balaban J connectivity index is 1.24. The number of guanidine groups is 1. The minimum absolute atomic E-state index is 0.182. The van der Waals surface area contributed by atoms with Crippen molar-refractivity contribution in [1.29, 1.82) is 0 Å². The van der Waals surface area contributed by atoms with Gasteiger partial charge in [-0.05, 0) is 54.3 Å². The molecule has 1 fully saturated rings. The molecule has 2 aromatic carbocycles. The lowest BCUT2D eigenvalue weighted by atomic mass is 10.0. The molecule has 6 nitrogen and oxygen atoms in total. The zero-order chi connectivity index (χ0) is 21.5. The van der Waals surface area contributed by atoms with Gasteiger partial charge in [-0.25, -0.2) is 9.07 Å². The maximum Gasteiger partial charge on any atom is 0.191 e. The van der Waals surface area contributed by atoms with Gasteiger partial charge in [0, 0.05) is 51.7 Å². The average molecular weight is 421 g/mol. The van der Waals surface area contributed by atoms with Gasteiger partial charge in [-0.2, -0.15) is 5.10 Å². The number of likely N-dealkylation sites (tertiary alicyclic amines) is 1. The Bertz CT molecular complexity index is 976. The minimum atomic E-state index is -0.182. The van der Waals surface area contributed by atoms with Gasteiger partial charge in [-0.15, -0.1) is 0 Å². The van der Waals surface area contributed by atoms with Gasteiger partial charge in [0.25, 0.3) is 0 Å². The Morgan fingerprint density at radius 3 is 2.61 bits per heavy atom. The topological polar surface area (TPSA) is 57.5 Å². The van der Waals surface area contributed by atoms with E-state index in [-0.39, 0.29) is 5.82 Å². The van der Waals surface area contributed by atoms with Crippen molar-refractivity contribution in [3.05, 3.63) is 83.9 Å². The first-order valence-corrected chi connectivity index (χ1v) is 10.7. The summed E-state index contributed by atoms with van der Waals surface area (Å²) < 4.78 is 14.9. The number of nitrogens with one attached hydrogen (secondary N) is 2. The fourth-order valence-corrected chi connectivity index (χ4v) is 3.89. The highest BCUT2D eigenvalue weighted by Crippen LogP contribution is 2.15. The van der Waals surface area contributed by atoms with Crippen molar-refractivity contribution in [2.75, 3.05) is 20.1 Å². The van der Waals surface area contributed by atoms with E-state index in [1.165, 1.54) is 17.7 Å². The molecular formula is C24H29FN6. The van der Waals surface area contributed by atoms with Crippen LogP contribution in [0.3, 0.4) is 0 Å². The fraction of sp³-hybridized carbons (Fsp3) is 0.333. The van der Waals surface area contributed by atoms with Crippen molar-refractivity contribution < 1.29 is 4.39 Å². The van der Waals surface area contributed by atoms with E-state index in [9.17, 15) is 4.39 Å². The number of aliphatic imine (C=N–C) groups is 1. The predicted octanol–water partition coefficient (Wildman–Crippen LogP) is 3.34. The van der Waals surface area contributed by atoms with Crippen LogP contribution in [0, 0.1) is 5.82 Å². The fourth-order valence-electron chi connectivity index (χ4n) is 3.89. The summed E-state index contributed by atoms with van der Waals surface area (Å²) in [6.07, 6.45) is 5.82. The SMILES string of the molecule is CN=C(NCc1cccc(-n2cccn2)c1)NC1CCN(Cc2ccc(F)cc2)CC1. The van der Waals surface area contributed by atoms with Crippen molar-refractivity contribution in [2.24, 2.45) is 4.99 Å². The second-order valence-electron chi connectivity index (χ2n) is 7.87. The Kier molecular flexibility index (Phi) is 6.94. The van der Waals surface area contributed by atoms with Crippen LogP contribution in [-0.4, -0.2) is 46.8 Å². The van der Waals surface area contributed by atoms with Gasteiger partial charge in [0.05, 0.1) is 5.69 Å². The summed E-state index contributed by atoms with van der Waals surface area (Å²) in [7, 11) is 1.80. The lowest BCUT2D eigenvalue weighted by molar-refractivity contribution is 0.198. The van der Waals surface area contributed by atoms with E-state index in [1.807, 2.05) is 41.2 Å². The Morgan fingerprint density at radius 1 is 1.10 bits per heavy atom. The Hall–Kier alpha value is -3.19. The van der Waals surface area contributed by atoms with Crippen molar-refractivity contribution in [3.8, 4) is 5.69 Å². The molecule has 0 amide bonds. The molecule has 2 N–H and O–H groups in total. The monoisotopic (exact) mass is 420 g/mol. The Morgan fingerprint density at radius 2 is 1.90 bits per heavy atom. The first-order chi connectivity index (χ1) is 15.2. The molecule has 0 atom stereocenters. The number of hydrogen-bond donors (Lipinski definition) is 2. The Labute approximate surface area is 182 Å². The smallest absolute Gasteiger partial charge is 0.191 e. The number of benzene rings is 2. The second kappa shape index (κ2) is 10.2. The second-order valence-corrected chi connectivity index (χ2v) is 7.87. The molecule has 0 spiro atoms. The lowest BCUT2D eigenvalue weighted by Crippen LogP contribution is -2.48. The summed E-state index contributed by atoms with van der Waals surface area (Å²) in [6, 6.07) is 17.4. The average Bonchev–Trinajstić information content (AvgIpc) is 3.35. The van der Waals surface area contributed by atoms with Crippen molar-refractivity contribution in [1.82, 2.24) is 25.3 Å². The van der Waals surface area contributed by atoms with Crippen molar-refractivity contribution in [3.63, 3.8) is 0 Å². The molecule has 162 valence electrons. The molecule has 1 aliphatic heterocycles. The summed E-state index contributed by atoms with van der Waals surface area (Å²) in [5, 5.41) is 11.3. The molecule has 0 radical (unpaired) electrons. The molecule has 31 heavy (non-hydrogen) atoms. The van der Waals surface area contributed by atoms with E-state index in [4.69, 9.17) is 0 Å². The van der Waals surface area contributed by atoms with Gasteiger partial charge in [0.15, 0.2) is 5.96 Å². The number of nitrogens with zero attached hydrogens (tertiary/aromatic N) is 4. The van der Waals surface area contributed by atoms with Crippen LogP contribution in [0.2, 0.25) is 0 Å². The first kappa shape index (κ1) is 21.1. The lowest BCUT2D eigenvalue weighted by Gasteiger charge is -2.33. The molecule has 7 heteroatoms. The van der Waals surface area contributed by atoms with Crippen LogP contribution < -0.4 is 10.6 Å².